The first-order chi connectivity index (χ1) is 27.5. The van der Waals surface area contributed by atoms with Crippen LogP contribution in [-0.2, 0) is 42.0 Å². The first-order valence-corrected chi connectivity index (χ1v) is 22.5. The summed E-state index contributed by atoms with van der Waals surface area (Å²) < 4.78 is 46.2. The summed E-state index contributed by atoms with van der Waals surface area (Å²) in [5, 5.41) is 6.77. The molecule has 5 aliphatic rings. The van der Waals surface area contributed by atoms with Crippen LogP contribution in [0.15, 0.2) is 30.4 Å². The summed E-state index contributed by atoms with van der Waals surface area (Å²) in [6, 6.07) is 3.67. The zero-order valence-corrected chi connectivity index (χ0v) is 35.5. The van der Waals surface area contributed by atoms with E-state index in [4.69, 9.17) is 19.2 Å². The predicted octanol–water partition coefficient (Wildman–Crippen LogP) is 5.39. The van der Waals surface area contributed by atoms with Gasteiger partial charge < -0.3 is 29.7 Å². The summed E-state index contributed by atoms with van der Waals surface area (Å²) in [4.78, 5) is 63.7. The minimum Gasteiger partial charge on any atom is -0.497 e. The molecule has 7 rings (SSSR count). The number of hydrogen-bond donors (Lipinski definition) is 3. The molecule has 15 heteroatoms. The topological polar surface area (TPSA) is 182 Å². The van der Waals surface area contributed by atoms with Crippen LogP contribution in [-0.4, -0.2) is 89.8 Å². The Balaban J connectivity index is 1.26. The molecule has 58 heavy (non-hydrogen) atoms. The van der Waals surface area contributed by atoms with Gasteiger partial charge in [0.1, 0.15) is 40.8 Å². The van der Waals surface area contributed by atoms with Gasteiger partial charge in [-0.3, -0.25) is 19.1 Å². The van der Waals surface area contributed by atoms with Crippen LogP contribution >= 0.6 is 0 Å². The number of alkyl carbamates (subject to hydrolysis) is 1. The number of benzene rings is 1. The Bertz CT molecular complexity index is 2100. The van der Waals surface area contributed by atoms with Crippen molar-refractivity contribution in [1.82, 2.24) is 25.2 Å². The van der Waals surface area contributed by atoms with Gasteiger partial charge >= 0.3 is 6.09 Å². The van der Waals surface area contributed by atoms with Crippen LogP contribution in [0.2, 0.25) is 0 Å². The SMILES string of the molecule is CCc1nc2ccc(OC)cc2c2c1OC1(CC2)CC2C(=O)NC3(C(=O)NS(=O)(=O)C4(C)CC4)CCC3C=CCCCCCC(NC(=O)OC(C)C(C)C)C(=O)N2C1. The number of sulfonamides is 1. The quantitative estimate of drug-likeness (QED) is 0.292. The average Bonchev–Trinajstić information content (AvgIpc) is 3.85. The highest BCUT2D eigenvalue weighted by atomic mass is 32.2. The van der Waals surface area contributed by atoms with Crippen LogP contribution in [0.4, 0.5) is 4.79 Å². The maximum absolute atomic E-state index is 14.9. The zero-order valence-electron chi connectivity index (χ0n) is 34.6. The van der Waals surface area contributed by atoms with E-state index in [9.17, 15) is 27.6 Å². The lowest BCUT2D eigenvalue weighted by atomic mass is 9.65. The highest BCUT2D eigenvalue weighted by Gasteiger charge is 2.59. The van der Waals surface area contributed by atoms with Crippen LogP contribution in [0, 0.1) is 11.8 Å². The first-order valence-electron chi connectivity index (χ1n) is 21.1. The van der Waals surface area contributed by atoms with E-state index in [0.717, 1.165) is 35.0 Å². The number of allylic oxidation sites excluding steroid dienone is 1. The minimum absolute atomic E-state index is 0.0492. The van der Waals surface area contributed by atoms with Crippen molar-refractivity contribution in [2.45, 2.75) is 152 Å². The predicted molar refractivity (Wildman–Crippen MR) is 218 cm³/mol. The van der Waals surface area contributed by atoms with Crippen LogP contribution in [0.25, 0.3) is 10.9 Å². The Morgan fingerprint density at radius 1 is 1.09 bits per heavy atom. The van der Waals surface area contributed by atoms with E-state index >= 15 is 0 Å². The number of aromatic nitrogens is 1. The molecule has 1 aromatic heterocycles. The van der Waals surface area contributed by atoms with Crippen LogP contribution in [0.3, 0.4) is 0 Å². The van der Waals surface area contributed by atoms with Crippen molar-refractivity contribution in [3.05, 3.63) is 41.6 Å². The molecule has 2 aromatic rings. The average molecular weight is 822 g/mol. The fourth-order valence-corrected chi connectivity index (χ4v) is 10.1. The van der Waals surface area contributed by atoms with Gasteiger partial charge in [-0.1, -0.05) is 45.8 Å². The number of aryl methyl sites for hydroxylation is 2. The van der Waals surface area contributed by atoms with E-state index in [2.05, 4.69) is 15.4 Å². The number of pyridine rings is 1. The van der Waals surface area contributed by atoms with Crippen molar-refractivity contribution in [1.29, 1.82) is 0 Å². The fourth-order valence-electron chi connectivity index (χ4n) is 8.80. The molecule has 0 bridgehead atoms. The number of methoxy groups -OCH3 is 1. The molecule has 1 aromatic carbocycles. The summed E-state index contributed by atoms with van der Waals surface area (Å²) in [7, 11) is -2.39. The second kappa shape index (κ2) is 16.0. The summed E-state index contributed by atoms with van der Waals surface area (Å²) in [6.45, 7) is 9.35. The number of hydrogen-bond acceptors (Lipinski definition) is 10. The first kappa shape index (κ1) is 41.7. The lowest BCUT2D eigenvalue weighted by molar-refractivity contribution is -0.144. The second-order valence-electron chi connectivity index (χ2n) is 17.7. The van der Waals surface area contributed by atoms with Gasteiger partial charge in [-0.05, 0) is 102 Å². The van der Waals surface area contributed by atoms with Gasteiger partial charge in [0.15, 0.2) is 0 Å². The third-order valence-corrected chi connectivity index (χ3v) is 15.6. The Morgan fingerprint density at radius 2 is 1.86 bits per heavy atom. The molecule has 6 unspecified atom stereocenters. The fraction of sp³-hybridized carbons (Fsp3) is 0.651. The van der Waals surface area contributed by atoms with Gasteiger partial charge in [0.25, 0.3) is 5.91 Å². The molecule has 316 valence electrons. The molecule has 6 atom stereocenters. The second-order valence-corrected chi connectivity index (χ2v) is 19.9. The zero-order chi connectivity index (χ0) is 41.6. The van der Waals surface area contributed by atoms with Gasteiger partial charge in [-0.25, -0.2) is 18.2 Å². The summed E-state index contributed by atoms with van der Waals surface area (Å²) in [5.74, 6) is -0.862. The standard InChI is InChI=1S/C43H59N5O9S/c1-7-32-36-30(31-23-29(55-6)15-16-33(31)44-32)18-19-42(57-36)24-35-37(49)46-43(39(51)47-58(53,54)41(5)21-22-41)20-17-28(43)13-11-9-8-10-12-14-34(38(50)48(35)25-42)45-40(52)56-27(4)26(2)3/h11,13,15-16,23,26-28,34-35H,7-10,12,14,17-22,24-25H2,1-6H3,(H,45,52)(H,46,49)(H,47,51). The Labute approximate surface area is 341 Å². The number of amides is 4. The Morgan fingerprint density at radius 3 is 2.53 bits per heavy atom. The van der Waals surface area contributed by atoms with E-state index < -0.39 is 73.8 Å². The van der Waals surface area contributed by atoms with Gasteiger partial charge in [-0.2, -0.15) is 0 Å². The molecule has 2 saturated carbocycles. The summed E-state index contributed by atoms with van der Waals surface area (Å²) in [6.07, 6.45) is 9.51. The third kappa shape index (κ3) is 7.87. The van der Waals surface area contributed by atoms with Crippen LogP contribution in [0.1, 0.15) is 117 Å². The number of carbonyl (C=O) groups excluding carboxylic acids is 4. The van der Waals surface area contributed by atoms with Gasteiger partial charge in [0.2, 0.25) is 21.8 Å². The number of ether oxygens (including phenoxy) is 3. The largest absolute Gasteiger partial charge is 0.497 e. The number of nitrogens with one attached hydrogen (secondary N) is 3. The minimum atomic E-state index is -4.01. The molecule has 14 nitrogen and oxygen atoms in total. The molecule has 4 heterocycles. The molecule has 0 radical (unpaired) electrons. The number of rotatable bonds is 8. The molecule has 3 N–H and O–H groups in total. The Hall–Kier alpha value is -4.40. The third-order valence-electron chi connectivity index (χ3n) is 13.4. The molecular formula is C43H59N5O9S. The van der Waals surface area contributed by atoms with Crippen molar-refractivity contribution in [3.8, 4) is 11.5 Å². The lowest BCUT2D eigenvalue weighted by Gasteiger charge is -2.48. The highest BCUT2D eigenvalue weighted by Crippen LogP contribution is 2.47. The maximum atomic E-state index is 14.9. The van der Waals surface area contributed by atoms with E-state index in [0.29, 0.717) is 69.3 Å². The van der Waals surface area contributed by atoms with Crippen molar-refractivity contribution in [2.75, 3.05) is 13.7 Å². The van der Waals surface area contributed by atoms with Crippen molar-refractivity contribution in [2.24, 2.45) is 11.8 Å². The van der Waals surface area contributed by atoms with Crippen LogP contribution < -0.4 is 24.8 Å². The maximum Gasteiger partial charge on any atom is 0.408 e. The van der Waals surface area contributed by atoms with Crippen molar-refractivity contribution < 1.29 is 41.8 Å². The Kier molecular flexibility index (Phi) is 11.5. The van der Waals surface area contributed by atoms with E-state index in [1.165, 1.54) is 4.90 Å². The molecule has 3 aliphatic heterocycles. The highest BCUT2D eigenvalue weighted by molar-refractivity contribution is 7.91. The van der Waals surface area contributed by atoms with Crippen molar-refractivity contribution >= 4 is 44.7 Å². The van der Waals surface area contributed by atoms with Crippen molar-refractivity contribution in [3.63, 3.8) is 0 Å². The normalized spacial score (nSPS) is 28.7. The molecule has 3 fully saturated rings. The summed E-state index contributed by atoms with van der Waals surface area (Å²) >= 11 is 0. The molecule has 4 amide bonds. The van der Waals surface area contributed by atoms with Gasteiger partial charge in [0, 0.05) is 23.3 Å². The van der Waals surface area contributed by atoms with Gasteiger partial charge in [0.05, 0.1) is 29.6 Å². The van der Waals surface area contributed by atoms with E-state index in [1.54, 1.807) is 21.0 Å². The lowest BCUT2D eigenvalue weighted by Crippen LogP contribution is -2.70. The molecular weight excluding hydrogens is 763 g/mol. The number of fused-ring (bicyclic) bond motifs is 5. The summed E-state index contributed by atoms with van der Waals surface area (Å²) in [5.41, 5.74) is 0.0336. The van der Waals surface area contributed by atoms with Crippen LogP contribution in [0.5, 0.6) is 11.5 Å². The smallest absolute Gasteiger partial charge is 0.408 e. The van der Waals surface area contributed by atoms with E-state index in [1.807, 2.05) is 51.1 Å². The molecule has 1 spiro atoms. The molecule has 1 saturated heterocycles. The monoisotopic (exact) mass is 821 g/mol. The number of nitrogens with zero attached hydrogens (tertiary/aromatic N) is 2. The number of carbonyl (C=O) groups is 4. The molecule has 2 aliphatic carbocycles. The van der Waals surface area contributed by atoms with E-state index in [-0.39, 0.29) is 25.3 Å². The van der Waals surface area contributed by atoms with Gasteiger partial charge in [-0.15, -0.1) is 0 Å².